The Morgan fingerprint density at radius 1 is 1.09 bits per heavy atom. The van der Waals surface area contributed by atoms with Crippen LogP contribution >= 0.6 is 0 Å². The molecule has 0 atom stereocenters. The molecule has 0 saturated heterocycles. The molecule has 0 unspecified atom stereocenters. The maximum Gasteiger partial charge on any atom is -0.0473 e. The molecule has 70 valence electrons. The molecule has 0 nitrogen and oxygen atoms in total. The summed E-state index contributed by atoms with van der Waals surface area (Å²) in [5, 5.41) is 0. The molecule has 0 N–H and O–H groups in total. The van der Waals surface area contributed by atoms with Crippen LogP contribution in [-0.2, 0) is 0 Å². The van der Waals surface area contributed by atoms with E-state index in [0.717, 1.165) is 5.92 Å². The standard InChI is InChI=1S/2C4H10.C3H6/c1-4(2)3;1-3-4-2;1-3-2/h4H,1-3H3;3-4H2,1-2H3;3H,1H2,2H3. The summed E-state index contributed by atoms with van der Waals surface area (Å²) in [5.74, 6) is 0.833. The van der Waals surface area contributed by atoms with Crippen LogP contribution in [0.4, 0.5) is 0 Å². The summed E-state index contributed by atoms with van der Waals surface area (Å²) >= 11 is 0. The number of unbranched alkanes of at least 4 members (excludes halogenated alkanes) is 1. The van der Waals surface area contributed by atoms with Gasteiger partial charge in [-0.3, -0.25) is 0 Å². The summed E-state index contributed by atoms with van der Waals surface area (Å²) in [7, 11) is 0. The first kappa shape index (κ1) is 17.0. The molecule has 0 heterocycles. The van der Waals surface area contributed by atoms with Crippen LogP contribution in [0.1, 0.15) is 54.4 Å². The van der Waals surface area contributed by atoms with E-state index in [-0.39, 0.29) is 0 Å². The third kappa shape index (κ3) is 1070. The minimum Gasteiger partial charge on any atom is -0.103 e. The van der Waals surface area contributed by atoms with Crippen molar-refractivity contribution >= 4 is 0 Å². The number of allylic oxidation sites excluding steroid dienone is 1. The third-order valence-electron chi connectivity index (χ3n) is 0.500. The molecule has 0 saturated carbocycles. The van der Waals surface area contributed by atoms with Crippen molar-refractivity contribution in [1.82, 2.24) is 0 Å². The van der Waals surface area contributed by atoms with Gasteiger partial charge in [0.25, 0.3) is 0 Å². The highest BCUT2D eigenvalue weighted by atomic mass is 13.7. The first-order chi connectivity index (χ1) is 5.06. The average molecular weight is 158 g/mol. The summed E-state index contributed by atoms with van der Waals surface area (Å²) in [6, 6.07) is 0. The highest BCUT2D eigenvalue weighted by Crippen LogP contribution is 1.81. The van der Waals surface area contributed by atoms with E-state index in [2.05, 4.69) is 41.2 Å². The molecule has 0 aromatic carbocycles. The molecule has 11 heavy (non-hydrogen) atoms. The van der Waals surface area contributed by atoms with Gasteiger partial charge in [0.2, 0.25) is 0 Å². The fourth-order valence-corrected chi connectivity index (χ4v) is 0. The molecule has 0 rings (SSSR count). The van der Waals surface area contributed by atoms with Crippen molar-refractivity contribution in [2.24, 2.45) is 5.92 Å². The zero-order chi connectivity index (χ0) is 9.70. The molecular weight excluding hydrogens is 132 g/mol. The van der Waals surface area contributed by atoms with Crippen molar-refractivity contribution in [2.75, 3.05) is 0 Å². The molecule has 0 bridgehead atoms. The molecule has 0 radical (unpaired) electrons. The van der Waals surface area contributed by atoms with Crippen LogP contribution in [0.5, 0.6) is 0 Å². The smallest absolute Gasteiger partial charge is 0.0473 e. The molecule has 0 fully saturated rings. The van der Waals surface area contributed by atoms with Crippen LogP contribution in [0.25, 0.3) is 0 Å². The van der Waals surface area contributed by atoms with Crippen LogP contribution in [0.3, 0.4) is 0 Å². The van der Waals surface area contributed by atoms with Crippen LogP contribution in [0.15, 0.2) is 12.7 Å². The van der Waals surface area contributed by atoms with Gasteiger partial charge in [-0.25, -0.2) is 0 Å². The predicted octanol–water partition coefficient (Wildman–Crippen LogP) is 4.66. The number of hydrogen-bond acceptors (Lipinski definition) is 0. The topological polar surface area (TPSA) is 0 Å². The van der Waals surface area contributed by atoms with Crippen molar-refractivity contribution in [3.8, 4) is 0 Å². The van der Waals surface area contributed by atoms with E-state index in [9.17, 15) is 0 Å². The van der Waals surface area contributed by atoms with Gasteiger partial charge in [0.1, 0.15) is 0 Å². The quantitative estimate of drug-likeness (QED) is 0.487. The fourth-order valence-electron chi connectivity index (χ4n) is 0. The predicted molar refractivity (Wildman–Crippen MR) is 57.0 cm³/mol. The summed E-state index contributed by atoms with van der Waals surface area (Å²) in [5.41, 5.74) is 0. The van der Waals surface area contributed by atoms with E-state index in [4.69, 9.17) is 0 Å². The van der Waals surface area contributed by atoms with Gasteiger partial charge in [0.05, 0.1) is 0 Å². The van der Waals surface area contributed by atoms with E-state index < -0.39 is 0 Å². The lowest BCUT2D eigenvalue weighted by atomic mass is 10.3. The van der Waals surface area contributed by atoms with E-state index in [1.54, 1.807) is 6.08 Å². The maximum absolute atomic E-state index is 3.36. The van der Waals surface area contributed by atoms with E-state index in [1.807, 2.05) is 6.92 Å². The second-order valence-electron chi connectivity index (χ2n) is 3.14. The minimum atomic E-state index is 0.833. The van der Waals surface area contributed by atoms with E-state index in [1.165, 1.54) is 12.8 Å². The van der Waals surface area contributed by atoms with Gasteiger partial charge in [-0.05, 0) is 12.8 Å². The molecule has 0 aliphatic heterocycles. The summed E-state index contributed by atoms with van der Waals surface area (Å²) in [6.45, 7) is 16.1. The number of rotatable bonds is 1. The van der Waals surface area contributed by atoms with Crippen molar-refractivity contribution in [3.63, 3.8) is 0 Å². The number of hydrogen-bond donors (Lipinski definition) is 0. The lowest BCUT2D eigenvalue weighted by Crippen LogP contribution is -1.66. The van der Waals surface area contributed by atoms with Gasteiger partial charge in [-0.1, -0.05) is 53.5 Å². The normalized spacial score (nSPS) is 7.18. The van der Waals surface area contributed by atoms with Crippen molar-refractivity contribution in [1.29, 1.82) is 0 Å². The van der Waals surface area contributed by atoms with Crippen molar-refractivity contribution in [3.05, 3.63) is 12.7 Å². The van der Waals surface area contributed by atoms with Crippen LogP contribution in [0.2, 0.25) is 0 Å². The van der Waals surface area contributed by atoms with Gasteiger partial charge < -0.3 is 0 Å². The Labute approximate surface area is 73.7 Å². The molecule has 0 heteroatoms. The van der Waals surface area contributed by atoms with Crippen LogP contribution in [-0.4, -0.2) is 0 Å². The Morgan fingerprint density at radius 3 is 1.18 bits per heavy atom. The summed E-state index contributed by atoms with van der Waals surface area (Å²) < 4.78 is 0. The molecule has 0 spiro atoms. The lowest BCUT2D eigenvalue weighted by Gasteiger charge is -1.79. The highest BCUT2D eigenvalue weighted by molar-refractivity contribution is 4.51. The third-order valence-corrected chi connectivity index (χ3v) is 0.500. The monoisotopic (exact) mass is 158 g/mol. The Bertz CT molecular complexity index is 39.2. The highest BCUT2D eigenvalue weighted by Gasteiger charge is 1.68. The second kappa shape index (κ2) is 22.6. The van der Waals surface area contributed by atoms with Gasteiger partial charge in [-0.2, -0.15) is 0 Å². The SMILES string of the molecule is C=CC.CC(C)C.CCCC. The minimum absolute atomic E-state index is 0.833. The zero-order valence-corrected chi connectivity index (χ0v) is 9.28. The van der Waals surface area contributed by atoms with Crippen molar-refractivity contribution < 1.29 is 0 Å². The zero-order valence-electron chi connectivity index (χ0n) is 9.28. The second-order valence-corrected chi connectivity index (χ2v) is 3.14. The first-order valence-electron chi connectivity index (χ1n) is 4.63. The first-order valence-corrected chi connectivity index (χ1v) is 4.63. The van der Waals surface area contributed by atoms with Gasteiger partial charge in [-0.15, -0.1) is 6.58 Å². The Kier molecular flexibility index (Phi) is 34.9. The Hall–Kier alpha value is -0.260. The average Bonchev–Trinajstić information content (AvgIpc) is 1.88. The molecule has 0 amide bonds. The molecule has 0 aromatic heterocycles. The van der Waals surface area contributed by atoms with Gasteiger partial charge >= 0.3 is 0 Å². The summed E-state index contributed by atoms with van der Waals surface area (Å²) in [6.07, 6.45) is 4.39. The maximum atomic E-state index is 3.36. The van der Waals surface area contributed by atoms with Crippen LogP contribution in [0, 0.1) is 5.92 Å². The Balaban J connectivity index is -0.0000000886. The molecule has 0 aliphatic rings. The van der Waals surface area contributed by atoms with Crippen LogP contribution < -0.4 is 0 Å². The van der Waals surface area contributed by atoms with Crippen molar-refractivity contribution in [2.45, 2.75) is 54.4 Å². The van der Waals surface area contributed by atoms with Gasteiger partial charge in [0, 0.05) is 0 Å². The fraction of sp³-hybridized carbons (Fsp3) is 0.818. The van der Waals surface area contributed by atoms with E-state index in [0.29, 0.717) is 0 Å². The molecule has 0 aliphatic carbocycles. The summed E-state index contributed by atoms with van der Waals surface area (Å²) in [4.78, 5) is 0. The lowest BCUT2D eigenvalue weighted by molar-refractivity contribution is 0.737. The van der Waals surface area contributed by atoms with Gasteiger partial charge in [0.15, 0.2) is 0 Å². The Morgan fingerprint density at radius 2 is 1.18 bits per heavy atom. The largest absolute Gasteiger partial charge is 0.103 e. The molecular formula is C11H26. The molecule has 0 aromatic rings. The van der Waals surface area contributed by atoms with E-state index >= 15 is 0 Å².